The number of thiazole rings is 1. The average Bonchev–Trinajstić information content (AvgIpc) is 3.26. The molecule has 1 unspecified atom stereocenters. The molecule has 33 heavy (non-hydrogen) atoms. The molecular weight excluding hydrogens is 440 g/mol. The van der Waals surface area contributed by atoms with Gasteiger partial charge in [-0.2, -0.15) is 0 Å². The lowest BCUT2D eigenvalue weighted by molar-refractivity contribution is -0.137. The van der Waals surface area contributed by atoms with Crippen LogP contribution in [0.15, 0.2) is 29.3 Å². The summed E-state index contributed by atoms with van der Waals surface area (Å²) in [5.41, 5.74) is 3.10. The van der Waals surface area contributed by atoms with Crippen LogP contribution in [0, 0.1) is 0 Å². The van der Waals surface area contributed by atoms with Crippen molar-refractivity contribution in [2.75, 3.05) is 13.1 Å². The van der Waals surface area contributed by atoms with Crippen molar-refractivity contribution in [2.24, 2.45) is 10.8 Å². The van der Waals surface area contributed by atoms with Gasteiger partial charge in [-0.3, -0.25) is 19.4 Å². The zero-order valence-corrected chi connectivity index (χ0v) is 19.8. The Morgan fingerprint density at radius 2 is 2.03 bits per heavy atom. The monoisotopic (exact) mass is 472 g/mol. The van der Waals surface area contributed by atoms with Gasteiger partial charge in [0.15, 0.2) is 5.01 Å². The maximum Gasteiger partial charge on any atom is 0.240 e. The number of nitrogens with two attached hydrogens (primary N) is 1. The number of carbonyl (C=O) groups is 3. The minimum atomic E-state index is -0.737. The van der Waals surface area contributed by atoms with Crippen LogP contribution in [0.3, 0.4) is 0 Å². The maximum absolute atomic E-state index is 13.3. The van der Waals surface area contributed by atoms with E-state index < -0.39 is 6.04 Å². The van der Waals surface area contributed by atoms with Crippen molar-refractivity contribution in [1.29, 1.82) is 0 Å². The van der Waals surface area contributed by atoms with E-state index in [1.807, 2.05) is 24.3 Å². The number of ketones is 1. The van der Waals surface area contributed by atoms with Gasteiger partial charge in [0.05, 0.1) is 29.1 Å². The molecule has 9 nitrogen and oxygen atoms in total. The number of amides is 2. The number of carbonyl (C=O) groups excluding carboxylic acids is 3. The molecule has 0 spiro atoms. The van der Waals surface area contributed by atoms with Gasteiger partial charge in [-0.1, -0.05) is 31.4 Å². The van der Waals surface area contributed by atoms with Crippen molar-refractivity contribution in [3.63, 3.8) is 0 Å². The molecule has 1 aliphatic rings. The molecule has 0 saturated heterocycles. The van der Waals surface area contributed by atoms with Gasteiger partial charge < -0.3 is 15.6 Å². The highest BCUT2D eigenvalue weighted by atomic mass is 32.1. The smallest absolute Gasteiger partial charge is 0.240 e. The van der Waals surface area contributed by atoms with E-state index in [0.717, 1.165) is 42.3 Å². The van der Waals surface area contributed by atoms with Crippen molar-refractivity contribution in [3.05, 3.63) is 29.3 Å². The Balaban J connectivity index is 1.70. The molecule has 1 aromatic heterocycles. The fraction of sp³-hybridized carbons (Fsp3) is 0.522. The predicted octanol–water partition coefficient (Wildman–Crippen LogP) is 2.42. The molecule has 178 valence electrons. The van der Waals surface area contributed by atoms with Crippen LogP contribution in [0.4, 0.5) is 0 Å². The minimum absolute atomic E-state index is 0.0428. The largest absolute Gasteiger partial charge is 0.344 e. The van der Waals surface area contributed by atoms with E-state index in [1.165, 1.54) is 24.6 Å². The van der Waals surface area contributed by atoms with Crippen molar-refractivity contribution in [1.82, 2.24) is 20.6 Å². The zero-order chi connectivity index (χ0) is 23.6. The normalized spacial score (nSPS) is 15.5. The van der Waals surface area contributed by atoms with Crippen LogP contribution in [-0.2, 0) is 9.59 Å². The number of nitrogens with zero attached hydrogens (tertiary/aromatic N) is 3. The van der Waals surface area contributed by atoms with E-state index in [0.29, 0.717) is 24.4 Å². The second-order valence-electron chi connectivity index (χ2n) is 8.25. The average molecular weight is 473 g/mol. The second-order valence-corrected chi connectivity index (χ2v) is 9.28. The lowest BCUT2D eigenvalue weighted by atomic mass is 9.94. The number of hydrogen-bond acceptors (Lipinski definition) is 7. The summed E-state index contributed by atoms with van der Waals surface area (Å²) in [4.78, 5) is 48.6. The number of aliphatic imine (C=N–C) groups is 1. The van der Waals surface area contributed by atoms with E-state index in [4.69, 9.17) is 5.84 Å². The number of hydrogen-bond donors (Lipinski definition) is 3. The first-order valence-corrected chi connectivity index (χ1v) is 12.2. The number of Topliss-reactive ketones (excluding diaryl/α,β-unsaturated/α-hetero) is 1. The summed E-state index contributed by atoms with van der Waals surface area (Å²) < 4.78 is 0.921. The van der Waals surface area contributed by atoms with Gasteiger partial charge in [-0.05, 0) is 37.8 Å². The van der Waals surface area contributed by atoms with E-state index in [1.54, 1.807) is 4.90 Å². The predicted molar refractivity (Wildman–Crippen MR) is 130 cm³/mol. The first kappa shape index (κ1) is 24.8. The summed E-state index contributed by atoms with van der Waals surface area (Å²) in [5, 5.41) is 3.23. The lowest BCUT2D eigenvalue weighted by Gasteiger charge is -2.33. The molecule has 4 N–H and O–H groups in total. The number of fused-ring (bicyclic) bond motifs is 1. The third-order valence-electron chi connectivity index (χ3n) is 5.84. The van der Waals surface area contributed by atoms with Crippen LogP contribution in [0.1, 0.15) is 61.7 Å². The molecule has 1 aromatic carbocycles. The summed E-state index contributed by atoms with van der Waals surface area (Å²) in [5.74, 6) is 4.51. The van der Waals surface area contributed by atoms with Crippen LogP contribution in [0.25, 0.3) is 10.2 Å². The van der Waals surface area contributed by atoms with Gasteiger partial charge in [0, 0.05) is 19.5 Å². The number of nitrogens with one attached hydrogen (secondary N) is 2. The number of benzene rings is 1. The van der Waals surface area contributed by atoms with Crippen molar-refractivity contribution < 1.29 is 14.4 Å². The molecule has 1 saturated carbocycles. The van der Waals surface area contributed by atoms with Crippen LogP contribution in [-0.4, -0.2) is 59.0 Å². The topological polar surface area (TPSA) is 130 Å². The highest BCUT2D eigenvalue weighted by Gasteiger charge is 2.28. The van der Waals surface area contributed by atoms with Crippen LogP contribution >= 0.6 is 11.3 Å². The SMILES string of the molecule is CC(=O)N(CC(=O)NC(CCCN=CNN)C(=O)c1nc2ccccc2s1)C1CCCCC1. The summed E-state index contributed by atoms with van der Waals surface area (Å²) >= 11 is 1.32. The van der Waals surface area contributed by atoms with E-state index in [9.17, 15) is 14.4 Å². The molecule has 0 bridgehead atoms. The fourth-order valence-corrected chi connectivity index (χ4v) is 5.14. The molecule has 10 heteroatoms. The Kier molecular flexibility index (Phi) is 9.32. The number of para-hydroxylation sites is 1. The third kappa shape index (κ3) is 7.06. The van der Waals surface area contributed by atoms with Gasteiger partial charge in [0.2, 0.25) is 17.6 Å². The van der Waals surface area contributed by atoms with Gasteiger partial charge in [-0.25, -0.2) is 10.8 Å². The van der Waals surface area contributed by atoms with E-state index in [-0.39, 0.29) is 30.2 Å². The zero-order valence-electron chi connectivity index (χ0n) is 19.0. The first-order valence-electron chi connectivity index (χ1n) is 11.4. The van der Waals surface area contributed by atoms with Crippen molar-refractivity contribution >= 4 is 45.5 Å². The number of aromatic nitrogens is 1. The minimum Gasteiger partial charge on any atom is -0.344 e. The maximum atomic E-state index is 13.3. The first-order chi connectivity index (χ1) is 16.0. The van der Waals surface area contributed by atoms with Crippen LogP contribution < -0.4 is 16.6 Å². The number of rotatable bonds is 11. The second kappa shape index (κ2) is 12.4. The fourth-order valence-electron chi connectivity index (χ4n) is 4.18. The summed E-state index contributed by atoms with van der Waals surface area (Å²) in [7, 11) is 0. The highest BCUT2D eigenvalue weighted by molar-refractivity contribution is 7.20. The van der Waals surface area contributed by atoms with Crippen LogP contribution in [0.2, 0.25) is 0 Å². The molecule has 1 heterocycles. The Morgan fingerprint density at radius 1 is 1.27 bits per heavy atom. The van der Waals surface area contributed by atoms with E-state index >= 15 is 0 Å². The molecule has 3 rings (SSSR count). The highest BCUT2D eigenvalue weighted by Crippen LogP contribution is 2.24. The quantitative estimate of drug-likeness (QED) is 0.115. The van der Waals surface area contributed by atoms with Gasteiger partial charge in [0.25, 0.3) is 0 Å². The molecule has 1 fully saturated rings. The third-order valence-corrected chi connectivity index (χ3v) is 6.89. The van der Waals surface area contributed by atoms with Gasteiger partial charge in [-0.15, -0.1) is 11.3 Å². The van der Waals surface area contributed by atoms with Crippen molar-refractivity contribution in [3.8, 4) is 0 Å². The summed E-state index contributed by atoms with van der Waals surface area (Å²) in [6.45, 7) is 1.92. The van der Waals surface area contributed by atoms with E-state index in [2.05, 4.69) is 20.7 Å². The summed E-state index contributed by atoms with van der Waals surface area (Å²) in [6.07, 6.45) is 7.49. The van der Waals surface area contributed by atoms with Gasteiger partial charge >= 0.3 is 0 Å². The number of hydrazine groups is 1. The van der Waals surface area contributed by atoms with Crippen molar-refractivity contribution in [2.45, 2.75) is 64.0 Å². The molecule has 1 aliphatic carbocycles. The Hall–Kier alpha value is -2.85. The molecule has 0 aliphatic heterocycles. The van der Waals surface area contributed by atoms with Crippen LogP contribution in [0.5, 0.6) is 0 Å². The lowest BCUT2D eigenvalue weighted by Crippen LogP contribution is -2.49. The Bertz CT molecular complexity index is 952. The molecule has 0 radical (unpaired) electrons. The molecule has 2 amide bonds. The Morgan fingerprint density at radius 3 is 2.73 bits per heavy atom. The molecule has 2 aromatic rings. The molecule has 1 atom stereocenters. The van der Waals surface area contributed by atoms with Gasteiger partial charge in [0.1, 0.15) is 0 Å². The molecular formula is C23H32N6O3S. The summed E-state index contributed by atoms with van der Waals surface area (Å²) in [6, 6.07) is 6.90. The Labute approximate surface area is 197 Å². The standard InChI is InChI=1S/C23H32N6O3S/c1-16(30)29(17-8-3-2-4-9-17)14-21(31)27-19(11-7-13-25-15-26-24)22(32)23-28-18-10-5-6-12-20(18)33-23/h5-6,10,12,15,17,19H,2-4,7-9,11,13-14,24H2,1H3,(H,25,26)(H,27,31).